The highest BCUT2D eigenvalue weighted by Gasteiger charge is 2.34. The third-order valence-corrected chi connectivity index (χ3v) is 4.70. The Morgan fingerprint density at radius 1 is 1.40 bits per heavy atom. The van der Waals surface area contributed by atoms with Crippen molar-refractivity contribution in [3.05, 3.63) is 24.2 Å². The van der Waals surface area contributed by atoms with E-state index in [9.17, 15) is 4.79 Å². The van der Waals surface area contributed by atoms with E-state index in [0.717, 1.165) is 12.3 Å². The number of piperidine rings is 1. The fraction of sp³-hybridized carbons (Fsp3) is 0.688. The van der Waals surface area contributed by atoms with Crippen molar-refractivity contribution in [2.75, 3.05) is 6.54 Å². The lowest BCUT2D eigenvalue weighted by Crippen LogP contribution is -2.40. The monoisotopic (exact) mass is 276 g/mol. The zero-order valence-electron chi connectivity index (χ0n) is 12.2. The van der Waals surface area contributed by atoms with Gasteiger partial charge in [0.05, 0.1) is 12.8 Å². The summed E-state index contributed by atoms with van der Waals surface area (Å²) in [7, 11) is 0. The van der Waals surface area contributed by atoms with Gasteiger partial charge >= 0.3 is 0 Å². The quantitative estimate of drug-likeness (QED) is 0.899. The number of carbonyl (C=O) groups is 1. The van der Waals surface area contributed by atoms with Gasteiger partial charge in [-0.3, -0.25) is 4.79 Å². The Morgan fingerprint density at radius 2 is 2.15 bits per heavy atom. The van der Waals surface area contributed by atoms with Gasteiger partial charge in [-0.15, -0.1) is 0 Å². The summed E-state index contributed by atoms with van der Waals surface area (Å²) in [5, 5.41) is 3.63. The molecule has 4 heteroatoms. The smallest absolute Gasteiger partial charge is 0.223 e. The van der Waals surface area contributed by atoms with Crippen molar-refractivity contribution in [3.8, 4) is 0 Å². The fourth-order valence-electron chi connectivity index (χ4n) is 3.68. The maximum absolute atomic E-state index is 12.5. The molecule has 110 valence electrons. The van der Waals surface area contributed by atoms with Crippen molar-refractivity contribution in [2.45, 2.75) is 57.7 Å². The van der Waals surface area contributed by atoms with Crippen molar-refractivity contribution in [2.24, 2.45) is 5.92 Å². The molecule has 2 fully saturated rings. The second kappa shape index (κ2) is 6.00. The molecule has 3 rings (SSSR count). The number of nitrogens with zero attached hydrogens (tertiary/aromatic N) is 1. The third-order valence-electron chi connectivity index (χ3n) is 4.70. The molecular formula is C16H24N2O2. The van der Waals surface area contributed by atoms with E-state index in [0.29, 0.717) is 31.0 Å². The van der Waals surface area contributed by atoms with Crippen LogP contribution in [0, 0.1) is 5.92 Å². The molecule has 0 aromatic carbocycles. The summed E-state index contributed by atoms with van der Waals surface area (Å²) in [6.07, 6.45) is 7.28. The normalized spacial score (nSPS) is 28.6. The van der Waals surface area contributed by atoms with Gasteiger partial charge in [-0.25, -0.2) is 0 Å². The number of fused-ring (bicyclic) bond motifs is 2. The largest absolute Gasteiger partial charge is 0.467 e. The van der Waals surface area contributed by atoms with Crippen LogP contribution in [-0.2, 0) is 11.3 Å². The van der Waals surface area contributed by atoms with E-state index in [1.54, 1.807) is 6.26 Å². The molecule has 0 spiro atoms. The first-order valence-corrected chi connectivity index (χ1v) is 7.80. The van der Waals surface area contributed by atoms with Gasteiger partial charge < -0.3 is 14.6 Å². The van der Waals surface area contributed by atoms with E-state index < -0.39 is 0 Å². The Balaban J connectivity index is 1.54. The van der Waals surface area contributed by atoms with Crippen LogP contribution < -0.4 is 5.32 Å². The van der Waals surface area contributed by atoms with Crippen molar-refractivity contribution in [1.29, 1.82) is 0 Å². The van der Waals surface area contributed by atoms with Gasteiger partial charge in [-0.2, -0.15) is 0 Å². The molecular weight excluding hydrogens is 252 g/mol. The highest BCUT2D eigenvalue weighted by atomic mass is 16.3. The predicted octanol–water partition coefficient (Wildman–Crippen LogP) is 2.55. The molecule has 1 amide bonds. The van der Waals surface area contributed by atoms with E-state index in [2.05, 4.69) is 5.32 Å². The minimum absolute atomic E-state index is 0.273. The number of furan rings is 1. The Kier molecular flexibility index (Phi) is 4.10. The Hall–Kier alpha value is -1.29. The summed E-state index contributed by atoms with van der Waals surface area (Å²) in [6, 6.07) is 5.12. The Morgan fingerprint density at radius 3 is 2.75 bits per heavy atom. The molecule has 1 aromatic rings. The van der Waals surface area contributed by atoms with Crippen LogP contribution in [0.1, 0.15) is 44.8 Å². The molecule has 2 saturated heterocycles. The van der Waals surface area contributed by atoms with Crippen molar-refractivity contribution >= 4 is 5.91 Å². The van der Waals surface area contributed by atoms with Crippen LogP contribution >= 0.6 is 0 Å². The fourth-order valence-corrected chi connectivity index (χ4v) is 3.68. The molecule has 20 heavy (non-hydrogen) atoms. The van der Waals surface area contributed by atoms with Gasteiger partial charge in [-0.05, 0) is 50.7 Å². The zero-order chi connectivity index (χ0) is 13.9. The Labute approximate surface area is 120 Å². The van der Waals surface area contributed by atoms with Gasteiger partial charge in [0.1, 0.15) is 5.76 Å². The van der Waals surface area contributed by atoms with E-state index in [4.69, 9.17) is 4.42 Å². The van der Waals surface area contributed by atoms with Crippen LogP contribution in [0.3, 0.4) is 0 Å². The van der Waals surface area contributed by atoms with Gasteiger partial charge in [0.25, 0.3) is 0 Å². The highest BCUT2D eigenvalue weighted by Crippen LogP contribution is 2.33. The second-order valence-corrected chi connectivity index (χ2v) is 6.17. The highest BCUT2D eigenvalue weighted by molar-refractivity contribution is 5.76. The van der Waals surface area contributed by atoms with E-state index in [-0.39, 0.29) is 5.91 Å². The van der Waals surface area contributed by atoms with Crippen LogP contribution in [0.5, 0.6) is 0 Å². The maximum Gasteiger partial charge on any atom is 0.223 e. The summed E-state index contributed by atoms with van der Waals surface area (Å²) >= 11 is 0. The van der Waals surface area contributed by atoms with Crippen LogP contribution in [0.25, 0.3) is 0 Å². The second-order valence-electron chi connectivity index (χ2n) is 6.17. The molecule has 3 heterocycles. The van der Waals surface area contributed by atoms with E-state index in [1.807, 2.05) is 24.0 Å². The molecule has 1 N–H and O–H groups in total. The molecule has 2 bridgehead atoms. The number of amides is 1. The Bertz CT molecular complexity index is 431. The molecule has 2 aliphatic rings. The minimum Gasteiger partial charge on any atom is -0.467 e. The van der Waals surface area contributed by atoms with Crippen LogP contribution in [0.4, 0.5) is 0 Å². The number of nitrogens with one attached hydrogen (secondary N) is 1. The van der Waals surface area contributed by atoms with Crippen LogP contribution in [0.15, 0.2) is 22.8 Å². The average Bonchev–Trinajstić information content (AvgIpc) is 3.06. The molecule has 0 aliphatic carbocycles. The number of hydrogen-bond donors (Lipinski definition) is 1. The average molecular weight is 276 g/mol. The van der Waals surface area contributed by atoms with E-state index in [1.165, 1.54) is 25.7 Å². The molecule has 0 saturated carbocycles. The molecule has 2 atom stereocenters. The first-order valence-electron chi connectivity index (χ1n) is 7.80. The minimum atomic E-state index is 0.273. The molecule has 4 nitrogen and oxygen atoms in total. The van der Waals surface area contributed by atoms with Crippen LogP contribution in [-0.4, -0.2) is 29.4 Å². The van der Waals surface area contributed by atoms with Crippen molar-refractivity contribution < 1.29 is 9.21 Å². The first-order chi connectivity index (χ1) is 9.74. The van der Waals surface area contributed by atoms with Gasteiger partial charge in [0, 0.05) is 25.0 Å². The molecule has 0 radical (unpaired) electrons. The summed E-state index contributed by atoms with van der Waals surface area (Å²) in [6.45, 7) is 3.38. The van der Waals surface area contributed by atoms with E-state index >= 15 is 0 Å². The standard InChI is InChI=1S/C16H24N2O2/c1-2-18(11-15-4-3-7-20-15)16(19)10-12-8-13-5-6-14(9-12)17-13/h3-4,7,12-14,17H,2,5-6,8-11H2,1H3. The van der Waals surface area contributed by atoms with Gasteiger partial charge in [0.15, 0.2) is 0 Å². The summed E-state index contributed by atoms with van der Waals surface area (Å²) < 4.78 is 5.35. The molecule has 2 unspecified atom stereocenters. The topological polar surface area (TPSA) is 45.5 Å². The number of hydrogen-bond acceptors (Lipinski definition) is 3. The zero-order valence-corrected chi connectivity index (χ0v) is 12.2. The molecule has 2 aliphatic heterocycles. The lowest BCUT2D eigenvalue weighted by atomic mass is 9.89. The predicted molar refractivity (Wildman–Crippen MR) is 77.1 cm³/mol. The summed E-state index contributed by atoms with van der Waals surface area (Å²) in [5.41, 5.74) is 0. The third kappa shape index (κ3) is 3.06. The van der Waals surface area contributed by atoms with Crippen molar-refractivity contribution in [1.82, 2.24) is 10.2 Å². The molecule has 1 aromatic heterocycles. The van der Waals surface area contributed by atoms with Crippen LogP contribution in [0.2, 0.25) is 0 Å². The lowest BCUT2D eigenvalue weighted by molar-refractivity contribution is -0.133. The SMILES string of the molecule is CCN(Cc1ccco1)C(=O)CC1CC2CCC(C1)N2. The number of rotatable bonds is 5. The maximum atomic E-state index is 12.5. The number of carbonyl (C=O) groups excluding carboxylic acids is 1. The summed E-state index contributed by atoms with van der Waals surface area (Å²) in [5.74, 6) is 1.70. The van der Waals surface area contributed by atoms with Gasteiger partial charge in [0.2, 0.25) is 5.91 Å². The van der Waals surface area contributed by atoms with Gasteiger partial charge in [-0.1, -0.05) is 0 Å². The first kappa shape index (κ1) is 13.7. The lowest BCUT2D eigenvalue weighted by Gasteiger charge is -2.30. The summed E-state index contributed by atoms with van der Waals surface area (Å²) in [4.78, 5) is 14.4. The van der Waals surface area contributed by atoms with Crippen molar-refractivity contribution in [3.63, 3.8) is 0 Å².